The van der Waals surface area contributed by atoms with Gasteiger partial charge in [-0.3, -0.25) is 9.69 Å². The Morgan fingerprint density at radius 3 is 2.85 bits per heavy atom. The molecule has 1 amide bonds. The number of hydrogen-bond donors (Lipinski definition) is 0. The minimum Gasteiger partial charge on any atom is -0.378 e. The predicted octanol–water partition coefficient (Wildman–Crippen LogP) is 1.20. The van der Waals surface area contributed by atoms with Crippen LogP contribution in [0.3, 0.4) is 0 Å². The molecule has 0 aliphatic carbocycles. The Bertz CT molecular complexity index is 429. The Kier molecular flexibility index (Phi) is 4.60. The standard InChI is InChI=1S/C13H18N2O3S2/c16-12-11(9-14-3-6-17-7-4-14)20-13(19)15(12)8-10-2-1-5-18-10/h9-10H,1-8H2/b11-9-. The molecule has 3 heterocycles. The summed E-state index contributed by atoms with van der Waals surface area (Å²) in [5.74, 6) is 0.0157. The molecule has 3 saturated heterocycles. The normalized spacial score (nSPS) is 29.8. The molecule has 110 valence electrons. The van der Waals surface area contributed by atoms with Crippen molar-refractivity contribution >= 4 is 34.2 Å². The zero-order chi connectivity index (χ0) is 13.9. The maximum atomic E-state index is 12.4. The van der Waals surface area contributed by atoms with Gasteiger partial charge in [-0.2, -0.15) is 0 Å². The summed E-state index contributed by atoms with van der Waals surface area (Å²) in [6.45, 7) is 4.47. The summed E-state index contributed by atoms with van der Waals surface area (Å²) in [5.41, 5.74) is 0. The van der Waals surface area contributed by atoms with Crippen molar-refractivity contribution < 1.29 is 14.3 Å². The number of hydrogen-bond acceptors (Lipinski definition) is 6. The number of morpholine rings is 1. The van der Waals surface area contributed by atoms with Gasteiger partial charge in [-0.05, 0) is 12.8 Å². The zero-order valence-corrected chi connectivity index (χ0v) is 12.9. The smallest absolute Gasteiger partial charge is 0.267 e. The van der Waals surface area contributed by atoms with Crippen LogP contribution in [0.25, 0.3) is 0 Å². The molecule has 3 aliphatic rings. The quantitative estimate of drug-likeness (QED) is 0.576. The minimum absolute atomic E-state index is 0.0157. The summed E-state index contributed by atoms with van der Waals surface area (Å²) in [6.07, 6.45) is 4.15. The Hall–Kier alpha value is -0.630. The van der Waals surface area contributed by atoms with E-state index in [0.717, 1.165) is 37.4 Å². The van der Waals surface area contributed by atoms with Crippen molar-refractivity contribution in [2.24, 2.45) is 0 Å². The highest BCUT2D eigenvalue weighted by Gasteiger charge is 2.35. The number of carbonyl (C=O) groups excluding carboxylic acids is 1. The summed E-state index contributed by atoms with van der Waals surface area (Å²) in [6, 6.07) is 0. The third-order valence-electron chi connectivity index (χ3n) is 3.63. The van der Waals surface area contributed by atoms with Crippen molar-refractivity contribution in [1.29, 1.82) is 0 Å². The van der Waals surface area contributed by atoms with Gasteiger partial charge >= 0.3 is 0 Å². The van der Waals surface area contributed by atoms with Gasteiger partial charge in [-0.15, -0.1) is 0 Å². The largest absolute Gasteiger partial charge is 0.378 e. The molecule has 20 heavy (non-hydrogen) atoms. The summed E-state index contributed by atoms with van der Waals surface area (Å²) in [4.78, 5) is 16.9. The number of nitrogens with zero attached hydrogens (tertiary/aromatic N) is 2. The first kappa shape index (κ1) is 14.3. The molecule has 3 fully saturated rings. The molecule has 0 spiro atoms. The van der Waals surface area contributed by atoms with Gasteiger partial charge in [0, 0.05) is 25.9 Å². The fraction of sp³-hybridized carbons (Fsp3) is 0.692. The molecule has 0 bridgehead atoms. The molecule has 1 unspecified atom stereocenters. The van der Waals surface area contributed by atoms with Gasteiger partial charge in [0.25, 0.3) is 5.91 Å². The lowest BCUT2D eigenvalue weighted by Gasteiger charge is -2.25. The SMILES string of the molecule is O=C1/C(=C/N2CCOCC2)SC(=S)N1CC1CCCO1. The Labute approximate surface area is 128 Å². The first-order chi connectivity index (χ1) is 9.74. The van der Waals surface area contributed by atoms with Gasteiger partial charge in [-0.1, -0.05) is 24.0 Å². The molecule has 0 aromatic carbocycles. The average molecular weight is 314 g/mol. The maximum absolute atomic E-state index is 12.4. The van der Waals surface area contributed by atoms with E-state index in [-0.39, 0.29) is 12.0 Å². The Morgan fingerprint density at radius 2 is 2.15 bits per heavy atom. The van der Waals surface area contributed by atoms with E-state index in [1.165, 1.54) is 11.8 Å². The zero-order valence-electron chi connectivity index (χ0n) is 11.2. The Morgan fingerprint density at radius 1 is 1.35 bits per heavy atom. The van der Waals surface area contributed by atoms with Crippen LogP contribution in [-0.2, 0) is 14.3 Å². The van der Waals surface area contributed by atoms with Crippen molar-refractivity contribution in [2.45, 2.75) is 18.9 Å². The fourth-order valence-corrected chi connectivity index (χ4v) is 3.79. The molecule has 0 aromatic rings. The second kappa shape index (κ2) is 6.43. The molecule has 0 aromatic heterocycles. The van der Waals surface area contributed by atoms with Crippen LogP contribution in [0.2, 0.25) is 0 Å². The highest BCUT2D eigenvalue weighted by Crippen LogP contribution is 2.32. The molecule has 3 rings (SSSR count). The number of thioether (sulfide) groups is 1. The second-order valence-electron chi connectivity index (χ2n) is 5.06. The van der Waals surface area contributed by atoms with Crippen LogP contribution in [-0.4, -0.2) is 65.6 Å². The van der Waals surface area contributed by atoms with Crippen LogP contribution in [0.5, 0.6) is 0 Å². The Balaban J connectivity index is 1.64. The molecule has 5 nitrogen and oxygen atoms in total. The molecule has 7 heteroatoms. The van der Waals surface area contributed by atoms with E-state index in [1.807, 2.05) is 6.20 Å². The van der Waals surface area contributed by atoms with Crippen molar-refractivity contribution in [1.82, 2.24) is 9.80 Å². The summed E-state index contributed by atoms with van der Waals surface area (Å²) < 4.78 is 11.5. The highest BCUT2D eigenvalue weighted by molar-refractivity contribution is 8.26. The topological polar surface area (TPSA) is 42.0 Å². The highest BCUT2D eigenvalue weighted by atomic mass is 32.2. The van der Waals surface area contributed by atoms with Gasteiger partial charge in [-0.25, -0.2) is 0 Å². The summed E-state index contributed by atoms with van der Waals surface area (Å²) in [7, 11) is 0. The average Bonchev–Trinajstić information content (AvgIpc) is 3.05. The van der Waals surface area contributed by atoms with Gasteiger partial charge in [0.1, 0.15) is 4.32 Å². The lowest BCUT2D eigenvalue weighted by atomic mass is 10.2. The van der Waals surface area contributed by atoms with E-state index >= 15 is 0 Å². The van der Waals surface area contributed by atoms with E-state index in [2.05, 4.69) is 4.90 Å². The first-order valence-electron chi connectivity index (χ1n) is 6.93. The van der Waals surface area contributed by atoms with Crippen LogP contribution >= 0.6 is 24.0 Å². The molecule has 0 saturated carbocycles. The van der Waals surface area contributed by atoms with E-state index in [9.17, 15) is 4.79 Å². The summed E-state index contributed by atoms with van der Waals surface area (Å²) in [5, 5.41) is 0. The van der Waals surface area contributed by atoms with Crippen molar-refractivity contribution in [3.8, 4) is 0 Å². The molecule has 3 aliphatic heterocycles. The number of ether oxygens (including phenoxy) is 2. The van der Waals surface area contributed by atoms with E-state index in [0.29, 0.717) is 24.1 Å². The van der Waals surface area contributed by atoms with E-state index < -0.39 is 0 Å². The van der Waals surface area contributed by atoms with Gasteiger partial charge in [0.05, 0.1) is 30.8 Å². The van der Waals surface area contributed by atoms with Crippen LogP contribution in [0.4, 0.5) is 0 Å². The maximum Gasteiger partial charge on any atom is 0.267 e. The number of rotatable bonds is 3. The van der Waals surface area contributed by atoms with Gasteiger partial charge in [0.15, 0.2) is 0 Å². The molecular weight excluding hydrogens is 296 g/mol. The second-order valence-corrected chi connectivity index (χ2v) is 6.74. The van der Waals surface area contributed by atoms with E-state index in [4.69, 9.17) is 21.7 Å². The van der Waals surface area contributed by atoms with Crippen LogP contribution in [0, 0.1) is 0 Å². The van der Waals surface area contributed by atoms with Gasteiger partial charge in [0.2, 0.25) is 0 Å². The van der Waals surface area contributed by atoms with Crippen LogP contribution in [0.15, 0.2) is 11.1 Å². The lowest BCUT2D eigenvalue weighted by Crippen LogP contribution is -2.36. The predicted molar refractivity (Wildman–Crippen MR) is 81.4 cm³/mol. The molecule has 1 atom stereocenters. The first-order valence-corrected chi connectivity index (χ1v) is 8.15. The van der Waals surface area contributed by atoms with Crippen LogP contribution in [0.1, 0.15) is 12.8 Å². The molecule has 0 radical (unpaired) electrons. The van der Waals surface area contributed by atoms with Gasteiger partial charge < -0.3 is 14.4 Å². The van der Waals surface area contributed by atoms with Crippen molar-refractivity contribution in [3.05, 3.63) is 11.1 Å². The molecule has 0 N–H and O–H groups in total. The number of thiocarbonyl (C=S) groups is 1. The number of amides is 1. The number of carbonyl (C=O) groups is 1. The monoisotopic (exact) mass is 314 g/mol. The molecular formula is C13H18N2O3S2. The summed E-state index contributed by atoms with van der Waals surface area (Å²) >= 11 is 6.72. The van der Waals surface area contributed by atoms with Crippen molar-refractivity contribution in [2.75, 3.05) is 39.5 Å². The minimum atomic E-state index is 0.0157. The van der Waals surface area contributed by atoms with E-state index in [1.54, 1.807) is 4.90 Å². The fourth-order valence-electron chi connectivity index (χ4n) is 2.51. The third kappa shape index (κ3) is 3.16. The van der Waals surface area contributed by atoms with Crippen LogP contribution < -0.4 is 0 Å². The third-order valence-corrected chi connectivity index (χ3v) is 4.99. The lowest BCUT2D eigenvalue weighted by molar-refractivity contribution is -0.123. The van der Waals surface area contributed by atoms with Crippen molar-refractivity contribution in [3.63, 3.8) is 0 Å².